The summed E-state index contributed by atoms with van der Waals surface area (Å²) in [7, 11) is -4.10. The maximum absolute atomic E-state index is 13.9. The fraction of sp³-hybridized carbons (Fsp3) is 0.294. The Morgan fingerprint density at radius 1 is 1.14 bits per heavy atom. The number of piperazine rings is 1. The van der Waals surface area contributed by atoms with E-state index in [1.165, 1.54) is 11.3 Å². The number of benzene rings is 1. The average molecular weight is 426 g/mol. The van der Waals surface area contributed by atoms with Gasteiger partial charge in [-0.1, -0.05) is 11.2 Å². The van der Waals surface area contributed by atoms with Gasteiger partial charge in [-0.3, -0.25) is 4.90 Å². The normalized spacial score (nSPS) is 16.5. The first-order valence-corrected chi connectivity index (χ1v) is 10.8. The summed E-state index contributed by atoms with van der Waals surface area (Å²) in [6.07, 6.45) is 0. The zero-order valence-corrected chi connectivity index (χ0v) is 16.2. The third kappa shape index (κ3) is 3.83. The van der Waals surface area contributed by atoms with E-state index in [-0.39, 0.29) is 13.1 Å². The molecule has 0 amide bonds. The van der Waals surface area contributed by atoms with Crippen molar-refractivity contribution in [1.82, 2.24) is 19.3 Å². The maximum Gasteiger partial charge on any atom is 0.246 e. The molecule has 148 valence electrons. The van der Waals surface area contributed by atoms with Crippen LogP contribution in [0.25, 0.3) is 10.7 Å². The molecule has 0 unspecified atom stereocenters. The number of hydrogen-bond acceptors (Lipinski definition) is 7. The highest BCUT2D eigenvalue weighted by Crippen LogP contribution is 2.23. The van der Waals surface area contributed by atoms with E-state index in [0.717, 1.165) is 21.3 Å². The van der Waals surface area contributed by atoms with E-state index in [9.17, 15) is 17.2 Å². The van der Waals surface area contributed by atoms with Gasteiger partial charge in [0.25, 0.3) is 0 Å². The number of halogens is 2. The van der Waals surface area contributed by atoms with Gasteiger partial charge in [0, 0.05) is 26.2 Å². The van der Waals surface area contributed by atoms with Crippen LogP contribution in [0.4, 0.5) is 8.78 Å². The van der Waals surface area contributed by atoms with Gasteiger partial charge in [0.05, 0.1) is 11.4 Å². The Morgan fingerprint density at radius 2 is 1.93 bits per heavy atom. The number of rotatable bonds is 5. The lowest BCUT2D eigenvalue weighted by Crippen LogP contribution is -2.48. The fourth-order valence-corrected chi connectivity index (χ4v) is 5.11. The molecule has 0 radical (unpaired) electrons. The Morgan fingerprint density at radius 3 is 2.64 bits per heavy atom. The van der Waals surface area contributed by atoms with Crippen LogP contribution in [0.3, 0.4) is 0 Å². The quantitative estimate of drug-likeness (QED) is 0.624. The van der Waals surface area contributed by atoms with Crippen LogP contribution in [0.5, 0.6) is 0 Å². The van der Waals surface area contributed by atoms with Crippen molar-refractivity contribution in [3.8, 4) is 10.7 Å². The number of hydrogen-bond donors (Lipinski definition) is 0. The standard InChI is InChI=1S/C17H16F2N4O3S2/c18-12-3-4-13(19)15(10-12)28(24,25)23-7-5-22(6-8-23)11-16-20-17(21-26-16)14-2-1-9-27-14/h1-4,9-10H,5-8,11H2. The maximum atomic E-state index is 13.9. The van der Waals surface area contributed by atoms with Crippen LogP contribution in [0.1, 0.15) is 5.89 Å². The van der Waals surface area contributed by atoms with Crippen LogP contribution < -0.4 is 0 Å². The van der Waals surface area contributed by atoms with E-state index in [1.54, 1.807) is 0 Å². The molecule has 0 saturated carbocycles. The van der Waals surface area contributed by atoms with Crippen LogP contribution in [-0.2, 0) is 16.6 Å². The van der Waals surface area contributed by atoms with Gasteiger partial charge in [0.1, 0.15) is 16.5 Å². The summed E-state index contributed by atoms with van der Waals surface area (Å²) in [5.74, 6) is -0.795. The molecule has 0 N–H and O–H groups in total. The van der Waals surface area contributed by atoms with Crippen molar-refractivity contribution in [2.75, 3.05) is 26.2 Å². The van der Waals surface area contributed by atoms with Gasteiger partial charge < -0.3 is 4.52 Å². The molecule has 1 saturated heterocycles. The van der Waals surface area contributed by atoms with Crippen molar-refractivity contribution >= 4 is 21.4 Å². The van der Waals surface area contributed by atoms with E-state index < -0.39 is 26.6 Å². The summed E-state index contributed by atoms with van der Waals surface area (Å²) in [5.41, 5.74) is 0. The Balaban J connectivity index is 1.40. The number of sulfonamides is 1. The van der Waals surface area contributed by atoms with Crippen molar-refractivity contribution < 1.29 is 21.7 Å². The van der Waals surface area contributed by atoms with Gasteiger partial charge in [-0.2, -0.15) is 9.29 Å². The molecule has 0 aliphatic carbocycles. The molecular formula is C17H16F2N4O3S2. The van der Waals surface area contributed by atoms with E-state index in [4.69, 9.17) is 4.52 Å². The third-order valence-electron chi connectivity index (χ3n) is 4.41. The molecule has 2 aromatic heterocycles. The molecule has 7 nitrogen and oxygen atoms in total. The van der Waals surface area contributed by atoms with E-state index in [0.29, 0.717) is 37.4 Å². The third-order valence-corrected chi connectivity index (χ3v) is 7.19. The number of thiophene rings is 1. The molecule has 3 heterocycles. The Kier molecular flexibility index (Phi) is 5.23. The summed E-state index contributed by atoms with van der Waals surface area (Å²) in [6, 6.07) is 6.22. The van der Waals surface area contributed by atoms with Gasteiger partial charge in [-0.05, 0) is 29.6 Å². The van der Waals surface area contributed by atoms with Gasteiger partial charge in [0.2, 0.25) is 21.7 Å². The van der Waals surface area contributed by atoms with Gasteiger partial charge in [0.15, 0.2) is 0 Å². The summed E-state index contributed by atoms with van der Waals surface area (Å²) in [6.45, 7) is 1.52. The number of nitrogens with zero attached hydrogens (tertiary/aromatic N) is 4. The lowest BCUT2D eigenvalue weighted by atomic mass is 10.3. The van der Waals surface area contributed by atoms with Crippen molar-refractivity contribution in [1.29, 1.82) is 0 Å². The van der Waals surface area contributed by atoms with Gasteiger partial charge in [-0.15, -0.1) is 11.3 Å². The predicted octanol–water partition coefficient (Wildman–Crippen LogP) is 2.58. The first kappa shape index (κ1) is 19.1. The molecule has 3 aromatic rings. The van der Waals surface area contributed by atoms with Crippen molar-refractivity contribution in [3.05, 3.63) is 53.2 Å². The lowest BCUT2D eigenvalue weighted by Gasteiger charge is -2.33. The second-order valence-electron chi connectivity index (χ2n) is 6.24. The summed E-state index contributed by atoms with van der Waals surface area (Å²) in [5, 5.41) is 5.87. The average Bonchev–Trinajstić information content (AvgIpc) is 3.36. The highest BCUT2D eigenvalue weighted by atomic mass is 32.2. The summed E-state index contributed by atoms with van der Waals surface area (Å²) >= 11 is 1.51. The smallest absolute Gasteiger partial charge is 0.246 e. The molecule has 4 rings (SSSR count). The predicted molar refractivity (Wildman–Crippen MR) is 98.0 cm³/mol. The van der Waals surface area contributed by atoms with Crippen LogP contribution in [0.2, 0.25) is 0 Å². The molecule has 11 heteroatoms. The topological polar surface area (TPSA) is 79.5 Å². The second-order valence-corrected chi connectivity index (χ2v) is 9.10. The summed E-state index contributed by atoms with van der Waals surface area (Å²) < 4.78 is 58.9. The molecule has 0 bridgehead atoms. The van der Waals surface area contributed by atoms with Crippen LogP contribution in [0, 0.1) is 11.6 Å². The largest absolute Gasteiger partial charge is 0.338 e. The first-order chi connectivity index (χ1) is 13.4. The minimum absolute atomic E-state index is 0.157. The second kappa shape index (κ2) is 7.66. The SMILES string of the molecule is O=S(=O)(c1cc(F)ccc1F)N1CCN(Cc2nc(-c3cccs3)no2)CC1. The monoisotopic (exact) mass is 426 g/mol. The molecule has 28 heavy (non-hydrogen) atoms. The highest BCUT2D eigenvalue weighted by Gasteiger charge is 2.31. The zero-order valence-electron chi connectivity index (χ0n) is 14.6. The van der Waals surface area contributed by atoms with Crippen LogP contribution >= 0.6 is 11.3 Å². The van der Waals surface area contributed by atoms with Crippen LogP contribution in [0.15, 0.2) is 45.1 Å². The van der Waals surface area contributed by atoms with Gasteiger partial charge in [-0.25, -0.2) is 17.2 Å². The number of aromatic nitrogens is 2. The van der Waals surface area contributed by atoms with E-state index in [2.05, 4.69) is 10.1 Å². The van der Waals surface area contributed by atoms with Crippen molar-refractivity contribution in [2.24, 2.45) is 0 Å². The summed E-state index contributed by atoms with van der Waals surface area (Å²) in [4.78, 5) is 6.59. The fourth-order valence-electron chi connectivity index (χ4n) is 2.96. The molecule has 1 aliphatic heterocycles. The Hall–Kier alpha value is -2.21. The molecule has 1 fully saturated rings. The van der Waals surface area contributed by atoms with Crippen LogP contribution in [-0.4, -0.2) is 53.9 Å². The molecule has 1 aliphatic rings. The van der Waals surface area contributed by atoms with E-state index in [1.807, 2.05) is 22.4 Å². The Bertz CT molecular complexity index is 1060. The first-order valence-electron chi connectivity index (χ1n) is 8.47. The minimum atomic E-state index is -4.10. The van der Waals surface area contributed by atoms with Crippen molar-refractivity contribution in [2.45, 2.75) is 11.4 Å². The molecule has 1 aromatic carbocycles. The molecular weight excluding hydrogens is 410 g/mol. The van der Waals surface area contributed by atoms with Gasteiger partial charge >= 0.3 is 0 Å². The zero-order chi connectivity index (χ0) is 19.7. The van der Waals surface area contributed by atoms with E-state index >= 15 is 0 Å². The Labute approximate surface area is 164 Å². The van der Waals surface area contributed by atoms with Crippen molar-refractivity contribution in [3.63, 3.8) is 0 Å². The minimum Gasteiger partial charge on any atom is -0.338 e. The highest BCUT2D eigenvalue weighted by molar-refractivity contribution is 7.89. The lowest BCUT2D eigenvalue weighted by molar-refractivity contribution is 0.163. The molecule has 0 atom stereocenters. The molecule has 0 spiro atoms.